The number of rotatable bonds is 3. The Morgan fingerprint density at radius 3 is 2.63 bits per heavy atom. The van der Waals surface area contributed by atoms with Gasteiger partial charge in [0.15, 0.2) is 5.13 Å². The standard InChI is InChI=1S/C19H20FN5OS/c1-12-21-17(24-25(12)14-10-8-13(20)9-11-14)18(26)23-19-22-15-6-4-2-3-5-7-16(15)27-19/h8-11H,2-7H2,1H3,(H,22,23,26). The van der Waals surface area contributed by atoms with Gasteiger partial charge in [0.2, 0.25) is 5.82 Å². The van der Waals surface area contributed by atoms with Gasteiger partial charge in [-0.25, -0.2) is 19.0 Å². The molecular formula is C19H20FN5OS. The molecule has 2 heterocycles. The second-order valence-electron chi connectivity index (χ2n) is 6.63. The third-order valence-electron chi connectivity index (χ3n) is 4.61. The number of nitrogens with zero attached hydrogens (tertiary/aromatic N) is 4. The van der Waals surface area contributed by atoms with Gasteiger partial charge >= 0.3 is 0 Å². The van der Waals surface area contributed by atoms with Gasteiger partial charge in [-0.2, -0.15) is 0 Å². The van der Waals surface area contributed by atoms with Crippen molar-refractivity contribution in [2.24, 2.45) is 0 Å². The van der Waals surface area contributed by atoms with Gasteiger partial charge in [0.1, 0.15) is 11.6 Å². The molecule has 1 amide bonds. The number of aromatic nitrogens is 4. The minimum atomic E-state index is -0.388. The van der Waals surface area contributed by atoms with E-state index in [1.54, 1.807) is 30.4 Å². The van der Waals surface area contributed by atoms with Crippen LogP contribution in [0.5, 0.6) is 0 Å². The Labute approximate surface area is 160 Å². The van der Waals surface area contributed by atoms with Crippen molar-refractivity contribution >= 4 is 22.4 Å². The maximum absolute atomic E-state index is 13.1. The fourth-order valence-electron chi connectivity index (χ4n) is 3.23. The van der Waals surface area contributed by atoms with Gasteiger partial charge in [0.05, 0.1) is 11.4 Å². The summed E-state index contributed by atoms with van der Waals surface area (Å²) in [5.41, 5.74) is 1.76. The SMILES string of the molecule is Cc1nc(C(=O)Nc2nc3c(s2)CCCCCC3)nn1-c1ccc(F)cc1. The number of hydrogen-bond donors (Lipinski definition) is 1. The molecule has 0 bridgehead atoms. The molecule has 4 rings (SSSR count). The molecule has 0 radical (unpaired) electrons. The molecule has 0 saturated carbocycles. The molecule has 0 aliphatic heterocycles. The maximum atomic E-state index is 13.1. The number of carbonyl (C=O) groups is 1. The van der Waals surface area contributed by atoms with E-state index in [4.69, 9.17) is 0 Å². The van der Waals surface area contributed by atoms with Crippen molar-refractivity contribution in [1.82, 2.24) is 19.7 Å². The minimum absolute atomic E-state index is 0.0689. The Morgan fingerprint density at radius 2 is 1.85 bits per heavy atom. The highest BCUT2D eigenvalue weighted by atomic mass is 32.1. The predicted molar refractivity (Wildman–Crippen MR) is 102 cm³/mol. The highest BCUT2D eigenvalue weighted by molar-refractivity contribution is 7.15. The third-order valence-corrected chi connectivity index (χ3v) is 5.68. The number of aryl methyl sites for hydroxylation is 3. The van der Waals surface area contributed by atoms with Crippen molar-refractivity contribution in [1.29, 1.82) is 0 Å². The van der Waals surface area contributed by atoms with Crippen molar-refractivity contribution in [3.8, 4) is 5.69 Å². The smallest absolute Gasteiger partial charge is 0.295 e. The molecule has 27 heavy (non-hydrogen) atoms. The van der Waals surface area contributed by atoms with E-state index in [-0.39, 0.29) is 17.5 Å². The van der Waals surface area contributed by atoms with E-state index < -0.39 is 0 Å². The molecule has 0 saturated heterocycles. The highest BCUT2D eigenvalue weighted by Gasteiger charge is 2.19. The fraction of sp³-hybridized carbons (Fsp3) is 0.368. The molecule has 0 spiro atoms. The van der Waals surface area contributed by atoms with Crippen LogP contribution in [0.1, 0.15) is 52.7 Å². The van der Waals surface area contributed by atoms with E-state index in [0.717, 1.165) is 25.0 Å². The lowest BCUT2D eigenvalue weighted by atomic mass is 10.0. The summed E-state index contributed by atoms with van der Waals surface area (Å²) in [7, 11) is 0. The zero-order valence-electron chi connectivity index (χ0n) is 15.0. The number of nitrogens with one attached hydrogen (secondary N) is 1. The average molecular weight is 385 g/mol. The van der Waals surface area contributed by atoms with Crippen LogP contribution < -0.4 is 5.32 Å². The van der Waals surface area contributed by atoms with Crippen molar-refractivity contribution in [2.45, 2.75) is 45.4 Å². The van der Waals surface area contributed by atoms with Crippen LogP contribution in [0.4, 0.5) is 9.52 Å². The molecule has 8 heteroatoms. The molecule has 3 aromatic rings. The largest absolute Gasteiger partial charge is 0.297 e. The number of carbonyl (C=O) groups excluding carboxylic acids is 1. The van der Waals surface area contributed by atoms with Crippen LogP contribution in [-0.2, 0) is 12.8 Å². The van der Waals surface area contributed by atoms with Gasteiger partial charge < -0.3 is 0 Å². The summed E-state index contributed by atoms with van der Waals surface area (Å²) in [6.07, 6.45) is 6.81. The Hall–Kier alpha value is -2.61. The van der Waals surface area contributed by atoms with Crippen molar-refractivity contribution in [3.63, 3.8) is 0 Å². The van der Waals surface area contributed by atoms with Crippen LogP contribution >= 0.6 is 11.3 Å². The van der Waals surface area contributed by atoms with Crippen LogP contribution in [0.25, 0.3) is 5.69 Å². The first-order valence-corrected chi connectivity index (χ1v) is 9.91. The van der Waals surface area contributed by atoms with Crippen LogP contribution in [0.2, 0.25) is 0 Å². The fourth-order valence-corrected chi connectivity index (χ4v) is 4.27. The summed E-state index contributed by atoms with van der Waals surface area (Å²) >= 11 is 1.54. The molecule has 0 unspecified atom stereocenters. The monoisotopic (exact) mass is 385 g/mol. The number of halogens is 1. The molecule has 1 aliphatic carbocycles. The van der Waals surface area contributed by atoms with Crippen molar-refractivity contribution in [2.75, 3.05) is 5.32 Å². The van der Waals surface area contributed by atoms with Crippen LogP contribution in [0, 0.1) is 12.7 Å². The summed E-state index contributed by atoms with van der Waals surface area (Å²) in [6.45, 7) is 1.75. The van der Waals surface area contributed by atoms with Gasteiger partial charge in [-0.15, -0.1) is 16.4 Å². The Kier molecular flexibility index (Phi) is 4.98. The van der Waals surface area contributed by atoms with Crippen LogP contribution in [-0.4, -0.2) is 25.7 Å². The zero-order chi connectivity index (χ0) is 18.8. The Bertz CT molecular complexity index is 938. The Morgan fingerprint density at radius 1 is 1.11 bits per heavy atom. The average Bonchev–Trinajstić information content (AvgIpc) is 3.19. The minimum Gasteiger partial charge on any atom is -0.295 e. The van der Waals surface area contributed by atoms with E-state index in [1.165, 1.54) is 41.0 Å². The molecule has 1 aromatic carbocycles. The third kappa shape index (κ3) is 3.90. The molecule has 0 fully saturated rings. The lowest BCUT2D eigenvalue weighted by molar-refractivity contribution is 0.101. The summed E-state index contributed by atoms with van der Waals surface area (Å²) in [5, 5.41) is 7.69. The number of amides is 1. The number of anilines is 1. The van der Waals surface area contributed by atoms with Gasteiger partial charge in [-0.3, -0.25) is 10.1 Å². The van der Waals surface area contributed by atoms with Crippen molar-refractivity contribution < 1.29 is 9.18 Å². The molecule has 1 N–H and O–H groups in total. The van der Waals surface area contributed by atoms with Crippen molar-refractivity contribution in [3.05, 3.63) is 52.3 Å². The van der Waals surface area contributed by atoms with Gasteiger partial charge in [0.25, 0.3) is 5.91 Å². The number of fused-ring (bicyclic) bond motifs is 1. The summed E-state index contributed by atoms with van der Waals surface area (Å²) in [5.74, 6) is -0.0906. The van der Waals surface area contributed by atoms with E-state index in [1.807, 2.05) is 0 Å². The number of thiazole rings is 1. The number of benzene rings is 1. The van der Waals surface area contributed by atoms with Gasteiger partial charge in [-0.1, -0.05) is 12.8 Å². The quantitative estimate of drug-likeness (QED) is 0.737. The molecular weight excluding hydrogens is 365 g/mol. The summed E-state index contributed by atoms with van der Waals surface area (Å²) in [4.78, 5) is 22.7. The molecule has 2 aromatic heterocycles. The molecule has 1 aliphatic rings. The summed E-state index contributed by atoms with van der Waals surface area (Å²) < 4.78 is 14.6. The van der Waals surface area contributed by atoms with E-state index in [2.05, 4.69) is 20.4 Å². The maximum Gasteiger partial charge on any atom is 0.297 e. The number of hydrogen-bond acceptors (Lipinski definition) is 5. The topological polar surface area (TPSA) is 72.7 Å². The van der Waals surface area contributed by atoms with E-state index in [9.17, 15) is 9.18 Å². The lowest BCUT2D eigenvalue weighted by Crippen LogP contribution is -2.14. The van der Waals surface area contributed by atoms with E-state index in [0.29, 0.717) is 16.6 Å². The molecule has 140 valence electrons. The normalized spacial score (nSPS) is 14.3. The predicted octanol–water partition coefficient (Wildman–Crippen LogP) is 4.08. The highest BCUT2D eigenvalue weighted by Crippen LogP contribution is 2.28. The van der Waals surface area contributed by atoms with Gasteiger partial charge in [-0.05, 0) is 56.9 Å². The molecule has 0 atom stereocenters. The van der Waals surface area contributed by atoms with Crippen LogP contribution in [0.15, 0.2) is 24.3 Å². The van der Waals surface area contributed by atoms with Crippen LogP contribution in [0.3, 0.4) is 0 Å². The van der Waals surface area contributed by atoms with E-state index >= 15 is 0 Å². The first-order valence-electron chi connectivity index (χ1n) is 9.10. The molecule has 6 nitrogen and oxygen atoms in total. The first kappa shape index (κ1) is 17.8. The Balaban J connectivity index is 1.53. The summed E-state index contributed by atoms with van der Waals surface area (Å²) in [6, 6.07) is 5.89. The zero-order valence-corrected chi connectivity index (χ0v) is 15.9. The second-order valence-corrected chi connectivity index (χ2v) is 7.71. The first-order chi connectivity index (χ1) is 13.1. The van der Waals surface area contributed by atoms with Gasteiger partial charge in [0, 0.05) is 4.88 Å². The lowest BCUT2D eigenvalue weighted by Gasteiger charge is -2.06. The second kappa shape index (κ2) is 7.56.